The molecule has 1 heterocycles. The van der Waals surface area contributed by atoms with Gasteiger partial charge in [0.15, 0.2) is 0 Å². The fraction of sp³-hybridized carbons (Fsp3) is 0.296. The number of rotatable bonds is 7. The summed E-state index contributed by atoms with van der Waals surface area (Å²) in [6.07, 6.45) is 0.432. The van der Waals surface area contributed by atoms with Gasteiger partial charge in [-0.25, -0.2) is 8.42 Å². The number of nitrogens with zero attached hydrogens (tertiary/aromatic N) is 1. The Kier molecular flexibility index (Phi) is 7.54. The molecular weight excluding hydrogens is 462 g/mol. The van der Waals surface area contributed by atoms with Crippen molar-refractivity contribution in [1.82, 2.24) is 4.90 Å². The Morgan fingerprint density at radius 1 is 0.886 bits per heavy atom. The van der Waals surface area contributed by atoms with Crippen molar-refractivity contribution in [3.05, 3.63) is 89.5 Å². The highest BCUT2D eigenvalue weighted by atomic mass is 32.2. The molecule has 1 aliphatic rings. The predicted octanol–water partition coefficient (Wildman–Crippen LogP) is 4.66. The number of hydrogen-bond donors (Lipinski definition) is 2. The van der Waals surface area contributed by atoms with E-state index in [1.54, 1.807) is 48.5 Å². The van der Waals surface area contributed by atoms with Crippen LogP contribution in [0.15, 0.2) is 77.7 Å². The molecule has 3 aromatic carbocycles. The Bertz CT molecular complexity index is 1250. The van der Waals surface area contributed by atoms with E-state index in [1.165, 1.54) is 0 Å². The number of aryl methyl sites for hydroxylation is 1. The number of carbonyl (C=O) groups is 1. The molecule has 0 radical (unpaired) electrons. The van der Waals surface area contributed by atoms with Gasteiger partial charge in [0.05, 0.1) is 17.1 Å². The van der Waals surface area contributed by atoms with Crippen molar-refractivity contribution in [3.8, 4) is 0 Å². The molecule has 0 aromatic heterocycles. The lowest BCUT2D eigenvalue weighted by Gasteiger charge is -2.35. The van der Waals surface area contributed by atoms with E-state index in [-0.39, 0.29) is 23.0 Å². The summed E-state index contributed by atoms with van der Waals surface area (Å²) in [4.78, 5) is 15.2. The first kappa shape index (κ1) is 24.9. The third-order valence-electron chi connectivity index (χ3n) is 5.84. The van der Waals surface area contributed by atoms with Gasteiger partial charge in [-0.1, -0.05) is 29.8 Å². The van der Waals surface area contributed by atoms with Gasteiger partial charge in [0, 0.05) is 36.6 Å². The number of benzene rings is 3. The lowest BCUT2D eigenvalue weighted by Crippen LogP contribution is -2.44. The van der Waals surface area contributed by atoms with E-state index in [0.717, 1.165) is 30.8 Å². The monoisotopic (exact) mass is 493 g/mol. The lowest BCUT2D eigenvalue weighted by atomic mass is 10.1. The van der Waals surface area contributed by atoms with Crippen LogP contribution < -0.4 is 10.0 Å². The van der Waals surface area contributed by atoms with Crippen LogP contribution in [0.2, 0.25) is 0 Å². The summed E-state index contributed by atoms with van der Waals surface area (Å²) in [5.74, 6) is -0.224. The molecule has 8 heteroatoms. The highest BCUT2D eigenvalue weighted by molar-refractivity contribution is 7.92. The topological polar surface area (TPSA) is 87.7 Å². The smallest absolute Gasteiger partial charge is 0.261 e. The third kappa shape index (κ3) is 6.69. The van der Waals surface area contributed by atoms with Crippen molar-refractivity contribution < 1.29 is 17.9 Å². The summed E-state index contributed by atoms with van der Waals surface area (Å²) >= 11 is 0. The van der Waals surface area contributed by atoms with Crippen molar-refractivity contribution in [1.29, 1.82) is 0 Å². The van der Waals surface area contributed by atoms with E-state index < -0.39 is 10.0 Å². The highest BCUT2D eigenvalue weighted by Crippen LogP contribution is 2.20. The van der Waals surface area contributed by atoms with E-state index in [4.69, 9.17) is 4.74 Å². The van der Waals surface area contributed by atoms with Gasteiger partial charge in [0.25, 0.3) is 15.9 Å². The number of anilines is 2. The molecule has 184 valence electrons. The summed E-state index contributed by atoms with van der Waals surface area (Å²) in [5, 5.41) is 2.86. The van der Waals surface area contributed by atoms with Gasteiger partial charge < -0.3 is 10.1 Å². The van der Waals surface area contributed by atoms with Crippen LogP contribution in [0, 0.1) is 6.92 Å². The fourth-order valence-corrected chi connectivity index (χ4v) is 5.25. The molecule has 3 aromatic rings. The number of carbonyl (C=O) groups excluding carboxylic acids is 1. The van der Waals surface area contributed by atoms with Gasteiger partial charge in [-0.05, 0) is 74.9 Å². The minimum atomic E-state index is -3.68. The van der Waals surface area contributed by atoms with Crippen molar-refractivity contribution in [3.63, 3.8) is 0 Å². The first-order valence-corrected chi connectivity index (χ1v) is 13.1. The molecule has 2 atom stereocenters. The van der Waals surface area contributed by atoms with Gasteiger partial charge in [-0.3, -0.25) is 14.4 Å². The average molecular weight is 494 g/mol. The molecule has 4 rings (SSSR count). The zero-order chi connectivity index (χ0) is 25.0. The van der Waals surface area contributed by atoms with Crippen molar-refractivity contribution >= 4 is 27.3 Å². The van der Waals surface area contributed by atoms with E-state index in [2.05, 4.69) is 28.8 Å². The van der Waals surface area contributed by atoms with Crippen LogP contribution in [0.1, 0.15) is 35.3 Å². The molecule has 0 saturated carbocycles. The maximum atomic E-state index is 12.7. The van der Waals surface area contributed by atoms with Crippen LogP contribution in [0.25, 0.3) is 0 Å². The largest absolute Gasteiger partial charge is 0.373 e. The molecule has 0 aliphatic carbocycles. The molecule has 7 nitrogen and oxygen atoms in total. The van der Waals surface area contributed by atoms with E-state index in [0.29, 0.717) is 16.9 Å². The van der Waals surface area contributed by atoms with E-state index >= 15 is 0 Å². The zero-order valence-corrected chi connectivity index (χ0v) is 21.0. The number of morpholine rings is 1. The molecule has 1 aliphatic heterocycles. The van der Waals surface area contributed by atoms with Crippen LogP contribution >= 0.6 is 0 Å². The quantitative estimate of drug-likeness (QED) is 0.500. The van der Waals surface area contributed by atoms with Crippen LogP contribution in [-0.2, 0) is 21.3 Å². The minimum absolute atomic E-state index is 0.196. The second-order valence-electron chi connectivity index (χ2n) is 9.10. The molecule has 1 fully saturated rings. The summed E-state index contributed by atoms with van der Waals surface area (Å²) < 4.78 is 33.5. The van der Waals surface area contributed by atoms with E-state index in [1.807, 2.05) is 31.2 Å². The van der Waals surface area contributed by atoms with Gasteiger partial charge in [0.2, 0.25) is 0 Å². The number of ether oxygens (including phenoxy) is 1. The van der Waals surface area contributed by atoms with Crippen LogP contribution in [0.4, 0.5) is 11.4 Å². The second kappa shape index (κ2) is 10.6. The number of nitrogens with one attached hydrogen (secondary N) is 2. The SMILES string of the molecule is Cc1ccc(S(=O)(=O)Nc2ccc(NC(=O)c3ccc(CN4CC(C)OC(C)C4)cc3)cc2)cc1. The highest BCUT2D eigenvalue weighted by Gasteiger charge is 2.22. The number of amides is 1. The molecule has 1 saturated heterocycles. The number of hydrogen-bond acceptors (Lipinski definition) is 5. The maximum Gasteiger partial charge on any atom is 0.261 e. The second-order valence-corrected chi connectivity index (χ2v) is 10.8. The van der Waals surface area contributed by atoms with Gasteiger partial charge in [0.1, 0.15) is 0 Å². The predicted molar refractivity (Wildman–Crippen MR) is 138 cm³/mol. The zero-order valence-electron chi connectivity index (χ0n) is 20.2. The molecule has 1 amide bonds. The maximum absolute atomic E-state index is 12.7. The number of sulfonamides is 1. The molecule has 2 unspecified atom stereocenters. The van der Waals surface area contributed by atoms with Gasteiger partial charge in [-0.15, -0.1) is 0 Å². The Hall–Kier alpha value is -3.20. The summed E-state index contributed by atoms with van der Waals surface area (Å²) in [6, 6.07) is 20.8. The standard InChI is InChI=1S/C27H31N3O4S/c1-19-4-14-26(15-5-19)35(32,33)29-25-12-10-24(11-13-25)28-27(31)23-8-6-22(7-9-23)18-30-16-20(2)34-21(3)17-30/h4-15,20-21,29H,16-18H2,1-3H3,(H,28,31). The summed E-state index contributed by atoms with van der Waals surface area (Å²) in [7, 11) is -3.68. The Balaban J connectivity index is 1.34. The normalized spacial score (nSPS) is 18.7. The third-order valence-corrected chi connectivity index (χ3v) is 7.24. The molecule has 35 heavy (non-hydrogen) atoms. The van der Waals surface area contributed by atoms with Crippen LogP contribution in [0.3, 0.4) is 0 Å². The summed E-state index contributed by atoms with van der Waals surface area (Å²) in [6.45, 7) is 8.67. The van der Waals surface area contributed by atoms with E-state index in [9.17, 15) is 13.2 Å². The fourth-order valence-electron chi connectivity index (χ4n) is 4.19. The Morgan fingerprint density at radius 2 is 1.46 bits per heavy atom. The Labute approximate surface area is 207 Å². The van der Waals surface area contributed by atoms with Crippen LogP contribution in [0.5, 0.6) is 0 Å². The van der Waals surface area contributed by atoms with Crippen molar-refractivity contribution in [2.45, 2.75) is 44.4 Å². The lowest BCUT2D eigenvalue weighted by molar-refractivity contribution is -0.0704. The Morgan fingerprint density at radius 3 is 2.06 bits per heavy atom. The van der Waals surface area contributed by atoms with Gasteiger partial charge >= 0.3 is 0 Å². The van der Waals surface area contributed by atoms with Crippen molar-refractivity contribution in [2.75, 3.05) is 23.1 Å². The first-order valence-electron chi connectivity index (χ1n) is 11.7. The van der Waals surface area contributed by atoms with Gasteiger partial charge in [-0.2, -0.15) is 0 Å². The molecule has 0 spiro atoms. The van der Waals surface area contributed by atoms with Crippen molar-refractivity contribution in [2.24, 2.45) is 0 Å². The summed E-state index contributed by atoms with van der Waals surface area (Å²) in [5.41, 5.74) is 3.68. The molecule has 0 bridgehead atoms. The molecule has 2 N–H and O–H groups in total. The first-order chi connectivity index (χ1) is 16.7. The minimum Gasteiger partial charge on any atom is -0.373 e. The van der Waals surface area contributed by atoms with Crippen LogP contribution in [-0.4, -0.2) is 44.5 Å². The molecular formula is C27H31N3O4S. The average Bonchev–Trinajstić information content (AvgIpc) is 2.80.